The molecule has 0 aliphatic heterocycles. The molecule has 7 nitrogen and oxygen atoms in total. The zero-order valence-electron chi connectivity index (χ0n) is 12.4. The van der Waals surface area contributed by atoms with Crippen molar-refractivity contribution in [3.63, 3.8) is 0 Å². The second-order valence-corrected chi connectivity index (χ2v) is 5.60. The molecule has 1 unspecified atom stereocenters. The molecule has 1 fully saturated rings. The Morgan fingerprint density at radius 1 is 1.38 bits per heavy atom. The number of hydrogen-bond donors (Lipinski definition) is 3. The molecule has 0 radical (unpaired) electrons. The van der Waals surface area contributed by atoms with Gasteiger partial charge in [0.25, 0.3) is 0 Å². The van der Waals surface area contributed by atoms with Crippen molar-refractivity contribution in [2.45, 2.75) is 45.2 Å². The fourth-order valence-corrected chi connectivity index (χ4v) is 2.31. The average molecular weight is 287 g/mol. The number of nitrogens with zero attached hydrogens (tertiary/aromatic N) is 4. The molecule has 1 aliphatic rings. The summed E-state index contributed by atoms with van der Waals surface area (Å²) in [5, 5.41) is 7.66. The van der Waals surface area contributed by atoms with Gasteiger partial charge in [-0.15, -0.1) is 0 Å². The maximum absolute atomic E-state index is 5.57. The van der Waals surface area contributed by atoms with Crippen LogP contribution < -0.4 is 16.6 Å². The Hall–Kier alpha value is -2.15. The van der Waals surface area contributed by atoms with Gasteiger partial charge in [-0.05, 0) is 32.8 Å². The predicted octanol–water partition coefficient (Wildman–Crippen LogP) is 1.65. The summed E-state index contributed by atoms with van der Waals surface area (Å²) in [6, 6.07) is 2.13. The monoisotopic (exact) mass is 287 g/mol. The minimum atomic E-state index is 0.205. The Morgan fingerprint density at radius 3 is 2.76 bits per heavy atom. The van der Waals surface area contributed by atoms with Crippen LogP contribution in [0.3, 0.4) is 0 Å². The normalized spacial score (nSPS) is 15.8. The second kappa shape index (κ2) is 5.69. The molecule has 21 heavy (non-hydrogen) atoms. The molecule has 112 valence electrons. The predicted molar refractivity (Wildman–Crippen MR) is 81.9 cm³/mol. The highest BCUT2D eigenvalue weighted by atomic mass is 15.3. The van der Waals surface area contributed by atoms with E-state index in [9.17, 15) is 0 Å². The highest BCUT2D eigenvalue weighted by Crippen LogP contribution is 2.39. The van der Waals surface area contributed by atoms with Crippen LogP contribution in [0.1, 0.15) is 37.1 Å². The molecule has 2 heterocycles. The third-order valence-electron chi connectivity index (χ3n) is 3.65. The van der Waals surface area contributed by atoms with E-state index in [1.807, 2.05) is 23.9 Å². The van der Waals surface area contributed by atoms with Crippen molar-refractivity contribution in [1.29, 1.82) is 0 Å². The minimum absolute atomic E-state index is 0.205. The average Bonchev–Trinajstić information content (AvgIpc) is 3.20. The SMILES string of the molecule is Cc1c(NN)nc(C2CC2)nc1NC(C)Cn1cccn1. The summed E-state index contributed by atoms with van der Waals surface area (Å²) in [6.45, 7) is 4.85. The fourth-order valence-electron chi connectivity index (χ4n) is 2.31. The number of nitrogen functional groups attached to an aromatic ring is 1. The number of hydrazine groups is 1. The Labute approximate surface area is 123 Å². The van der Waals surface area contributed by atoms with Crippen LogP contribution in [0.5, 0.6) is 0 Å². The first-order valence-electron chi connectivity index (χ1n) is 7.26. The van der Waals surface area contributed by atoms with E-state index < -0.39 is 0 Å². The van der Waals surface area contributed by atoms with E-state index in [0.717, 1.165) is 36.6 Å². The smallest absolute Gasteiger partial charge is 0.148 e. The van der Waals surface area contributed by atoms with Crippen LogP contribution >= 0.6 is 0 Å². The van der Waals surface area contributed by atoms with Gasteiger partial charge in [-0.25, -0.2) is 15.8 Å². The largest absolute Gasteiger partial charge is 0.365 e. The number of nitrogens with one attached hydrogen (secondary N) is 2. The lowest BCUT2D eigenvalue weighted by Crippen LogP contribution is -2.24. The molecule has 0 amide bonds. The van der Waals surface area contributed by atoms with Crippen LogP contribution in [0, 0.1) is 6.92 Å². The van der Waals surface area contributed by atoms with Crippen LogP contribution in [0.15, 0.2) is 18.5 Å². The lowest BCUT2D eigenvalue weighted by atomic mass is 10.2. The second-order valence-electron chi connectivity index (χ2n) is 5.60. The summed E-state index contributed by atoms with van der Waals surface area (Å²) in [5.74, 6) is 8.47. The summed E-state index contributed by atoms with van der Waals surface area (Å²) in [5.41, 5.74) is 3.61. The zero-order valence-corrected chi connectivity index (χ0v) is 12.4. The molecule has 4 N–H and O–H groups in total. The van der Waals surface area contributed by atoms with Gasteiger partial charge < -0.3 is 10.7 Å². The molecule has 1 aliphatic carbocycles. The summed E-state index contributed by atoms with van der Waals surface area (Å²) in [7, 11) is 0. The van der Waals surface area contributed by atoms with Crippen LogP contribution in [-0.4, -0.2) is 25.8 Å². The van der Waals surface area contributed by atoms with Gasteiger partial charge in [0.1, 0.15) is 17.5 Å². The van der Waals surface area contributed by atoms with E-state index >= 15 is 0 Å². The standard InChI is InChI=1S/C14H21N7/c1-9(8-21-7-3-6-16-21)17-12-10(2)13(20-15)19-14(18-12)11-4-5-11/h3,6-7,9,11H,4-5,8,15H2,1-2H3,(H2,17,18,19,20). The third kappa shape index (κ3) is 3.13. The molecule has 0 saturated heterocycles. The minimum Gasteiger partial charge on any atom is -0.365 e. The Morgan fingerprint density at radius 2 is 2.14 bits per heavy atom. The van der Waals surface area contributed by atoms with Crippen molar-refractivity contribution in [3.8, 4) is 0 Å². The van der Waals surface area contributed by atoms with E-state index in [1.54, 1.807) is 6.20 Å². The zero-order chi connectivity index (χ0) is 14.8. The van der Waals surface area contributed by atoms with Crippen molar-refractivity contribution in [1.82, 2.24) is 19.7 Å². The molecule has 0 spiro atoms. The molecule has 7 heteroatoms. The summed E-state index contributed by atoms with van der Waals surface area (Å²) in [6.07, 6.45) is 6.06. The van der Waals surface area contributed by atoms with E-state index in [2.05, 4.69) is 32.7 Å². The van der Waals surface area contributed by atoms with Crippen LogP contribution in [0.2, 0.25) is 0 Å². The summed E-state index contributed by atoms with van der Waals surface area (Å²) >= 11 is 0. The summed E-state index contributed by atoms with van der Waals surface area (Å²) < 4.78 is 1.90. The first-order valence-corrected chi connectivity index (χ1v) is 7.26. The number of nitrogens with two attached hydrogens (primary N) is 1. The molecule has 1 saturated carbocycles. The third-order valence-corrected chi connectivity index (χ3v) is 3.65. The van der Waals surface area contributed by atoms with Gasteiger partial charge in [0.05, 0.1) is 6.54 Å². The molecule has 3 rings (SSSR count). The quantitative estimate of drug-likeness (QED) is 0.552. The number of aromatic nitrogens is 4. The Balaban J connectivity index is 1.78. The maximum Gasteiger partial charge on any atom is 0.148 e. The number of rotatable bonds is 6. The van der Waals surface area contributed by atoms with Gasteiger partial charge in [0.15, 0.2) is 0 Å². The van der Waals surface area contributed by atoms with E-state index in [1.165, 1.54) is 0 Å². The maximum atomic E-state index is 5.57. The van der Waals surface area contributed by atoms with E-state index in [-0.39, 0.29) is 6.04 Å². The van der Waals surface area contributed by atoms with Crippen molar-refractivity contribution >= 4 is 11.6 Å². The van der Waals surface area contributed by atoms with Crippen molar-refractivity contribution in [3.05, 3.63) is 29.8 Å². The van der Waals surface area contributed by atoms with Gasteiger partial charge in [-0.3, -0.25) is 4.68 Å². The van der Waals surface area contributed by atoms with Crippen LogP contribution in [-0.2, 0) is 6.54 Å². The number of anilines is 2. The molecular formula is C14H21N7. The van der Waals surface area contributed by atoms with Gasteiger partial charge in [-0.1, -0.05) is 0 Å². The molecule has 2 aromatic rings. The molecule has 0 bridgehead atoms. The number of hydrogen-bond acceptors (Lipinski definition) is 6. The highest BCUT2D eigenvalue weighted by Gasteiger charge is 2.28. The van der Waals surface area contributed by atoms with Crippen molar-refractivity contribution < 1.29 is 0 Å². The van der Waals surface area contributed by atoms with E-state index in [0.29, 0.717) is 11.7 Å². The van der Waals surface area contributed by atoms with Crippen LogP contribution in [0.4, 0.5) is 11.6 Å². The summed E-state index contributed by atoms with van der Waals surface area (Å²) in [4.78, 5) is 9.16. The van der Waals surface area contributed by atoms with Gasteiger partial charge in [0, 0.05) is 29.9 Å². The molecule has 0 aromatic carbocycles. The van der Waals surface area contributed by atoms with Gasteiger partial charge in [-0.2, -0.15) is 5.10 Å². The molecule has 2 aromatic heterocycles. The fraction of sp³-hybridized carbons (Fsp3) is 0.500. The highest BCUT2D eigenvalue weighted by molar-refractivity contribution is 5.57. The van der Waals surface area contributed by atoms with E-state index in [4.69, 9.17) is 5.84 Å². The Kier molecular flexibility index (Phi) is 3.74. The molecular weight excluding hydrogens is 266 g/mol. The molecule has 1 atom stereocenters. The topological polar surface area (TPSA) is 93.7 Å². The first kappa shape index (κ1) is 13.8. The van der Waals surface area contributed by atoms with Gasteiger partial charge in [0.2, 0.25) is 0 Å². The Bertz CT molecular complexity index is 604. The lowest BCUT2D eigenvalue weighted by molar-refractivity contribution is 0.559. The van der Waals surface area contributed by atoms with Crippen LogP contribution in [0.25, 0.3) is 0 Å². The van der Waals surface area contributed by atoms with Crippen molar-refractivity contribution in [2.75, 3.05) is 10.7 Å². The van der Waals surface area contributed by atoms with Crippen molar-refractivity contribution in [2.24, 2.45) is 5.84 Å². The lowest BCUT2D eigenvalue weighted by Gasteiger charge is -2.18. The first-order chi connectivity index (χ1) is 10.2. The van der Waals surface area contributed by atoms with Gasteiger partial charge >= 0.3 is 0 Å².